The van der Waals surface area contributed by atoms with E-state index in [9.17, 15) is 9.59 Å². The van der Waals surface area contributed by atoms with Gasteiger partial charge in [0.05, 0.1) is 24.0 Å². The first-order valence-electron chi connectivity index (χ1n) is 9.67. The maximum absolute atomic E-state index is 13.0. The van der Waals surface area contributed by atoms with Crippen molar-refractivity contribution in [2.24, 2.45) is 13.0 Å². The van der Waals surface area contributed by atoms with E-state index in [4.69, 9.17) is 0 Å². The van der Waals surface area contributed by atoms with E-state index in [1.54, 1.807) is 23.4 Å². The van der Waals surface area contributed by atoms with Gasteiger partial charge in [-0.15, -0.1) is 0 Å². The molecule has 0 bridgehead atoms. The third-order valence-electron chi connectivity index (χ3n) is 5.53. The van der Waals surface area contributed by atoms with Crippen LogP contribution < -0.4 is 5.32 Å². The Balaban J connectivity index is 1.44. The standard InChI is InChI=1S/C19H26N6O2/c1-23-16(7-9-22-23)18-15(5-6-17(26)25(18)14-3-4-14)19(27)21-8-2-11-24-12-10-20-13-24/h7,9-10,12-15,18H,2-6,8,11H2,1H3,(H,21,27). The predicted molar refractivity (Wildman–Crippen MR) is 98.4 cm³/mol. The molecule has 1 saturated carbocycles. The molecular weight excluding hydrogens is 344 g/mol. The average Bonchev–Trinajstić information content (AvgIpc) is 3.18. The summed E-state index contributed by atoms with van der Waals surface area (Å²) < 4.78 is 3.79. The first-order chi connectivity index (χ1) is 13.1. The third kappa shape index (κ3) is 3.74. The van der Waals surface area contributed by atoms with Crippen LogP contribution >= 0.6 is 0 Å². The van der Waals surface area contributed by atoms with Crippen molar-refractivity contribution in [1.29, 1.82) is 0 Å². The highest BCUT2D eigenvalue weighted by Gasteiger charge is 2.47. The molecule has 0 aromatic carbocycles. The van der Waals surface area contributed by atoms with Crippen molar-refractivity contribution in [1.82, 2.24) is 29.5 Å². The molecule has 1 N–H and O–H groups in total. The lowest BCUT2D eigenvalue weighted by Gasteiger charge is -2.40. The van der Waals surface area contributed by atoms with Gasteiger partial charge in [0.25, 0.3) is 0 Å². The molecule has 4 rings (SSSR count). The molecule has 2 amide bonds. The first kappa shape index (κ1) is 17.8. The lowest BCUT2D eigenvalue weighted by atomic mass is 9.85. The highest BCUT2D eigenvalue weighted by atomic mass is 16.2. The van der Waals surface area contributed by atoms with Crippen LogP contribution in [0.25, 0.3) is 0 Å². The zero-order chi connectivity index (χ0) is 18.8. The van der Waals surface area contributed by atoms with E-state index in [0.717, 1.165) is 31.5 Å². The number of nitrogens with zero attached hydrogens (tertiary/aromatic N) is 5. The van der Waals surface area contributed by atoms with E-state index < -0.39 is 0 Å². The van der Waals surface area contributed by atoms with E-state index in [-0.39, 0.29) is 29.8 Å². The molecular formula is C19H26N6O2. The number of aromatic nitrogens is 4. The smallest absolute Gasteiger partial charge is 0.225 e. The Kier molecular flexibility index (Phi) is 4.96. The topological polar surface area (TPSA) is 85.0 Å². The summed E-state index contributed by atoms with van der Waals surface area (Å²) in [5.74, 6) is -0.0372. The molecule has 0 spiro atoms. The Hall–Kier alpha value is -2.64. The van der Waals surface area contributed by atoms with Gasteiger partial charge in [-0.1, -0.05) is 0 Å². The second kappa shape index (κ2) is 7.54. The Bertz CT molecular complexity index is 795. The number of aryl methyl sites for hydroxylation is 2. The maximum atomic E-state index is 13.0. The van der Waals surface area contributed by atoms with Gasteiger partial charge in [0, 0.05) is 51.2 Å². The molecule has 1 aliphatic heterocycles. The average molecular weight is 370 g/mol. The minimum absolute atomic E-state index is 0.0324. The van der Waals surface area contributed by atoms with Crippen LogP contribution in [0, 0.1) is 5.92 Å². The SMILES string of the molecule is Cn1nccc1C1C(C(=O)NCCCn2ccnc2)CCC(=O)N1C1CC1. The summed E-state index contributed by atoms with van der Waals surface area (Å²) >= 11 is 0. The summed E-state index contributed by atoms with van der Waals surface area (Å²) in [4.78, 5) is 31.6. The number of piperidine rings is 1. The van der Waals surface area contributed by atoms with E-state index in [2.05, 4.69) is 15.4 Å². The van der Waals surface area contributed by atoms with Crippen LogP contribution in [0.1, 0.15) is 43.8 Å². The van der Waals surface area contributed by atoms with Crippen molar-refractivity contribution in [3.63, 3.8) is 0 Å². The van der Waals surface area contributed by atoms with Gasteiger partial charge >= 0.3 is 0 Å². The van der Waals surface area contributed by atoms with Gasteiger partial charge in [0.15, 0.2) is 0 Å². The molecule has 8 nitrogen and oxygen atoms in total. The van der Waals surface area contributed by atoms with Gasteiger partial charge in [-0.2, -0.15) is 5.10 Å². The summed E-state index contributed by atoms with van der Waals surface area (Å²) in [6.07, 6.45) is 11.1. The molecule has 27 heavy (non-hydrogen) atoms. The summed E-state index contributed by atoms with van der Waals surface area (Å²) in [5, 5.41) is 7.35. The van der Waals surface area contributed by atoms with E-state index in [1.807, 2.05) is 28.8 Å². The number of hydrogen-bond acceptors (Lipinski definition) is 4. The normalized spacial score (nSPS) is 22.9. The third-order valence-corrected chi connectivity index (χ3v) is 5.53. The lowest BCUT2D eigenvalue weighted by Crippen LogP contribution is -2.49. The zero-order valence-corrected chi connectivity index (χ0v) is 15.6. The van der Waals surface area contributed by atoms with Crippen LogP contribution in [-0.4, -0.2) is 48.6 Å². The number of nitrogens with one attached hydrogen (secondary N) is 1. The summed E-state index contributed by atoms with van der Waals surface area (Å²) in [5.41, 5.74) is 0.938. The number of hydrogen-bond donors (Lipinski definition) is 1. The number of amides is 2. The molecule has 144 valence electrons. The maximum Gasteiger partial charge on any atom is 0.225 e. The van der Waals surface area contributed by atoms with Crippen molar-refractivity contribution in [3.05, 3.63) is 36.7 Å². The van der Waals surface area contributed by atoms with Crippen molar-refractivity contribution in [2.45, 2.75) is 50.7 Å². The largest absolute Gasteiger partial charge is 0.356 e. The molecule has 1 saturated heterocycles. The minimum atomic E-state index is -0.230. The molecule has 2 aromatic heterocycles. The number of carbonyl (C=O) groups is 2. The number of carbonyl (C=O) groups excluding carboxylic acids is 2. The van der Waals surface area contributed by atoms with Gasteiger partial charge < -0.3 is 14.8 Å². The fraction of sp³-hybridized carbons (Fsp3) is 0.579. The van der Waals surface area contributed by atoms with Crippen molar-refractivity contribution < 1.29 is 9.59 Å². The fourth-order valence-corrected chi connectivity index (χ4v) is 4.02. The lowest BCUT2D eigenvalue weighted by molar-refractivity contribution is -0.144. The summed E-state index contributed by atoms with van der Waals surface area (Å²) in [6, 6.07) is 1.98. The van der Waals surface area contributed by atoms with Gasteiger partial charge in [-0.3, -0.25) is 14.3 Å². The Labute approximate surface area is 158 Å². The van der Waals surface area contributed by atoms with Gasteiger partial charge in [0.2, 0.25) is 11.8 Å². The van der Waals surface area contributed by atoms with Crippen LogP contribution in [0.5, 0.6) is 0 Å². The second-order valence-electron chi connectivity index (χ2n) is 7.45. The van der Waals surface area contributed by atoms with E-state index in [1.165, 1.54) is 0 Å². The number of imidazole rings is 1. The molecule has 2 atom stereocenters. The van der Waals surface area contributed by atoms with Crippen molar-refractivity contribution in [3.8, 4) is 0 Å². The molecule has 2 aromatic rings. The zero-order valence-electron chi connectivity index (χ0n) is 15.6. The highest BCUT2D eigenvalue weighted by molar-refractivity contribution is 5.85. The van der Waals surface area contributed by atoms with Crippen LogP contribution in [0.15, 0.2) is 31.0 Å². The summed E-state index contributed by atoms with van der Waals surface area (Å²) in [7, 11) is 1.87. The first-order valence-corrected chi connectivity index (χ1v) is 9.67. The molecule has 1 aliphatic carbocycles. The molecule has 0 radical (unpaired) electrons. The Morgan fingerprint density at radius 2 is 2.15 bits per heavy atom. The Morgan fingerprint density at radius 1 is 1.30 bits per heavy atom. The quantitative estimate of drug-likeness (QED) is 0.744. The summed E-state index contributed by atoms with van der Waals surface area (Å²) in [6.45, 7) is 1.44. The monoisotopic (exact) mass is 370 g/mol. The highest BCUT2D eigenvalue weighted by Crippen LogP contribution is 2.43. The minimum Gasteiger partial charge on any atom is -0.356 e. The van der Waals surface area contributed by atoms with Crippen molar-refractivity contribution >= 4 is 11.8 Å². The van der Waals surface area contributed by atoms with Crippen LogP contribution in [-0.2, 0) is 23.2 Å². The fourth-order valence-electron chi connectivity index (χ4n) is 4.02. The van der Waals surface area contributed by atoms with Crippen molar-refractivity contribution in [2.75, 3.05) is 6.54 Å². The molecule has 3 heterocycles. The second-order valence-corrected chi connectivity index (χ2v) is 7.45. The molecule has 2 unspecified atom stereocenters. The predicted octanol–water partition coefficient (Wildman–Crippen LogP) is 1.27. The Morgan fingerprint density at radius 3 is 2.81 bits per heavy atom. The number of likely N-dealkylation sites (tertiary alicyclic amines) is 1. The van der Waals surface area contributed by atoms with Crippen LogP contribution in [0.2, 0.25) is 0 Å². The molecule has 2 fully saturated rings. The molecule has 8 heteroatoms. The van der Waals surface area contributed by atoms with Gasteiger partial charge in [-0.25, -0.2) is 4.98 Å². The van der Waals surface area contributed by atoms with Gasteiger partial charge in [-0.05, 0) is 31.7 Å². The van der Waals surface area contributed by atoms with Crippen LogP contribution in [0.4, 0.5) is 0 Å². The van der Waals surface area contributed by atoms with Gasteiger partial charge in [0.1, 0.15) is 0 Å². The number of rotatable bonds is 7. The van der Waals surface area contributed by atoms with Crippen LogP contribution in [0.3, 0.4) is 0 Å². The van der Waals surface area contributed by atoms with E-state index >= 15 is 0 Å². The molecule has 2 aliphatic rings. The van der Waals surface area contributed by atoms with E-state index in [0.29, 0.717) is 19.4 Å².